The van der Waals surface area contributed by atoms with Crippen molar-refractivity contribution in [3.63, 3.8) is 0 Å². The molecular formula is C19H24Cl2N2O2S. The van der Waals surface area contributed by atoms with Crippen LogP contribution in [-0.4, -0.2) is 34.0 Å². The fourth-order valence-electron chi connectivity index (χ4n) is 2.59. The van der Waals surface area contributed by atoms with Gasteiger partial charge in [0.2, 0.25) is 10.0 Å². The van der Waals surface area contributed by atoms with Crippen molar-refractivity contribution in [3.8, 4) is 0 Å². The minimum absolute atomic E-state index is 0.241. The molecule has 0 unspecified atom stereocenters. The van der Waals surface area contributed by atoms with Crippen molar-refractivity contribution in [2.24, 2.45) is 0 Å². The van der Waals surface area contributed by atoms with Crippen molar-refractivity contribution >= 4 is 33.2 Å². The van der Waals surface area contributed by atoms with Crippen LogP contribution in [0, 0.1) is 0 Å². The maximum absolute atomic E-state index is 12.8. The fraction of sp³-hybridized carbons (Fsp3) is 0.368. The molecule has 2 aromatic carbocycles. The topological polar surface area (TPSA) is 49.4 Å². The summed E-state index contributed by atoms with van der Waals surface area (Å²) >= 11 is 12.1. The Bertz CT molecular complexity index is 850. The molecule has 0 aliphatic carbocycles. The SMILES string of the molecule is CC(C)c1ccc(S(=O)(=O)N[C@@H](CN(C)C)c2ccc(Cl)c(Cl)c2)cc1. The number of benzene rings is 2. The van der Waals surface area contributed by atoms with E-state index in [0.29, 0.717) is 22.5 Å². The van der Waals surface area contributed by atoms with Crippen LogP contribution in [0.3, 0.4) is 0 Å². The second-order valence-corrected chi connectivity index (χ2v) is 9.36. The molecule has 0 aromatic heterocycles. The summed E-state index contributed by atoms with van der Waals surface area (Å²) in [5, 5.41) is 0.833. The second-order valence-electron chi connectivity index (χ2n) is 6.83. The van der Waals surface area contributed by atoms with E-state index in [1.807, 2.05) is 31.1 Å². The molecule has 1 atom stereocenters. The molecule has 26 heavy (non-hydrogen) atoms. The number of halogens is 2. The van der Waals surface area contributed by atoms with Crippen molar-refractivity contribution in [2.45, 2.75) is 30.7 Å². The van der Waals surface area contributed by atoms with E-state index in [1.165, 1.54) is 0 Å². The van der Waals surface area contributed by atoms with E-state index in [2.05, 4.69) is 18.6 Å². The van der Waals surface area contributed by atoms with E-state index in [4.69, 9.17) is 23.2 Å². The number of hydrogen-bond donors (Lipinski definition) is 1. The van der Waals surface area contributed by atoms with E-state index in [0.717, 1.165) is 11.1 Å². The molecule has 0 heterocycles. The number of nitrogens with one attached hydrogen (secondary N) is 1. The fourth-order valence-corrected chi connectivity index (χ4v) is 4.11. The van der Waals surface area contributed by atoms with Crippen molar-refractivity contribution in [3.05, 3.63) is 63.6 Å². The standard InChI is InChI=1S/C19H24Cl2N2O2S/c1-13(2)14-5-8-16(9-6-14)26(24,25)22-19(12-23(3)4)15-7-10-17(20)18(21)11-15/h5-11,13,19,22H,12H2,1-4H3/t19-/m0/s1. The number of rotatable bonds is 7. The van der Waals surface area contributed by atoms with Crippen LogP contribution in [-0.2, 0) is 10.0 Å². The van der Waals surface area contributed by atoms with Gasteiger partial charge in [-0.05, 0) is 55.4 Å². The largest absolute Gasteiger partial charge is 0.307 e. The summed E-state index contributed by atoms with van der Waals surface area (Å²) in [5.74, 6) is 0.345. The van der Waals surface area contributed by atoms with Gasteiger partial charge in [0.1, 0.15) is 0 Å². The second kappa shape index (κ2) is 8.72. The summed E-state index contributed by atoms with van der Waals surface area (Å²) in [7, 11) is 0.0989. The summed E-state index contributed by atoms with van der Waals surface area (Å²) in [6.07, 6.45) is 0. The van der Waals surface area contributed by atoms with Gasteiger partial charge in [-0.3, -0.25) is 0 Å². The van der Waals surface area contributed by atoms with Gasteiger partial charge in [-0.1, -0.05) is 55.2 Å². The van der Waals surface area contributed by atoms with E-state index < -0.39 is 16.1 Å². The third-order valence-electron chi connectivity index (χ3n) is 4.05. The minimum atomic E-state index is -3.67. The van der Waals surface area contributed by atoms with Gasteiger partial charge in [0.15, 0.2) is 0 Å². The van der Waals surface area contributed by atoms with Gasteiger partial charge in [0, 0.05) is 6.54 Å². The molecule has 0 fully saturated rings. The molecular weight excluding hydrogens is 391 g/mol. The normalized spacial score (nSPS) is 13.4. The molecule has 0 aliphatic heterocycles. The summed E-state index contributed by atoms with van der Waals surface area (Å²) in [4.78, 5) is 2.16. The van der Waals surface area contributed by atoms with Crippen LogP contribution in [0.5, 0.6) is 0 Å². The quantitative estimate of drug-likeness (QED) is 0.713. The van der Waals surface area contributed by atoms with E-state index in [9.17, 15) is 8.42 Å². The predicted octanol–water partition coefficient (Wildman–Crippen LogP) is 4.70. The van der Waals surface area contributed by atoms with Crippen molar-refractivity contribution in [1.82, 2.24) is 9.62 Å². The van der Waals surface area contributed by atoms with Crippen LogP contribution in [0.25, 0.3) is 0 Å². The molecule has 0 spiro atoms. The summed E-state index contributed by atoms with van der Waals surface area (Å²) < 4.78 is 28.5. The molecule has 0 saturated carbocycles. The van der Waals surface area contributed by atoms with Crippen LogP contribution >= 0.6 is 23.2 Å². The Hall–Kier alpha value is -1.11. The smallest absolute Gasteiger partial charge is 0.241 e. The highest BCUT2D eigenvalue weighted by Crippen LogP contribution is 2.27. The summed E-state index contributed by atoms with van der Waals surface area (Å²) in [6, 6.07) is 11.7. The lowest BCUT2D eigenvalue weighted by Gasteiger charge is -2.23. The third-order valence-corrected chi connectivity index (χ3v) is 6.27. The van der Waals surface area contributed by atoms with Gasteiger partial charge >= 0.3 is 0 Å². The molecule has 0 aliphatic rings. The van der Waals surface area contributed by atoms with Crippen LogP contribution in [0.1, 0.15) is 36.9 Å². The lowest BCUT2D eigenvalue weighted by atomic mass is 10.0. The monoisotopic (exact) mass is 414 g/mol. The molecule has 2 aromatic rings. The van der Waals surface area contributed by atoms with E-state index in [-0.39, 0.29) is 4.90 Å². The highest BCUT2D eigenvalue weighted by molar-refractivity contribution is 7.89. The maximum atomic E-state index is 12.8. The Morgan fingerprint density at radius 3 is 2.04 bits per heavy atom. The van der Waals surface area contributed by atoms with Crippen molar-refractivity contribution < 1.29 is 8.42 Å². The predicted molar refractivity (Wildman–Crippen MR) is 109 cm³/mol. The first kappa shape index (κ1) is 21.2. The highest BCUT2D eigenvalue weighted by Gasteiger charge is 2.22. The third kappa shape index (κ3) is 5.44. The molecule has 142 valence electrons. The minimum Gasteiger partial charge on any atom is -0.307 e. The summed E-state index contributed by atoms with van der Waals surface area (Å²) in [5.41, 5.74) is 1.86. The zero-order valence-corrected chi connectivity index (χ0v) is 17.7. The van der Waals surface area contributed by atoms with Gasteiger partial charge in [0.05, 0.1) is 21.0 Å². The molecule has 1 N–H and O–H groups in total. The number of nitrogens with zero attached hydrogens (tertiary/aromatic N) is 1. The first-order chi connectivity index (χ1) is 12.1. The number of sulfonamides is 1. The van der Waals surface area contributed by atoms with Crippen molar-refractivity contribution in [1.29, 1.82) is 0 Å². The van der Waals surface area contributed by atoms with Gasteiger partial charge < -0.3 is 4.90 Å². The van der Waals surface area contributed by atoms with Gasteiger partial charge in [-0.2, -0.15) is 0 Å². The lowest BCUT2D eigenvalue weighted by molar-refractivity contribution is 0.363. The zero-order chi connectivity index (χ0) is 19.5. The Balaban J connectivity index is 2.32. The van der Waals surface area contributed by atoms with Gasteiger partial charge in [-0.15, -0.1) is 0 Å². The Labute approximate surface area is 166 Å². The first-order valence-electron chi connectivity index (χ1n) is 8.32. The van der Waals surface area contributed by atoms with Crippen molar-refractivity contribution in [2.75, 3.05) is 20.6 Å². The molecule has 0 saturated heterocycles. The lowest BCUT2D eigenvalue weighted by Crippen LogP contribution is -2.35. The molecule has 4 nitrogen and oxygen atoms in total. The molecule has 0 bridgehead atoms. The number of likely N-dealkylation sites (N-methyl/N-ethyl adjacent to an activating group) is 1. The Kier molecular flexibility index (Phi) is 7.11. The Morgan fingerprint density at radius 2 is 1.54 bits per heavy atom. The van der Waals surface area contributed by atoms with E-state index >= 15 is 0 Å². The summed E-state index contributed by atoms with van der Waals surface area (Å²) in [6.45, 7) is 4.62. The molecule has 0 amide bonds. The molecule has 7 heteroatoms. The average Bonchev–Trinajstić information content (AvgIpc) is 2.56. The highest BCUT2D eigenvalue weighted by atomic mass is 35.5. The van der Waals surface area contributed by atoms with Crippen LogP contribution in [0.15, 0.2) is 47.4 Å². The van der Waals surface area contributed by atoms with Crippen LogP contribution in [0.4, 0.5) is 0 Å². The average molecular weight is 415 g/mol. The van der Waals surface area contributed by atoms with Gasteiger partial charge in [0.25, 0.3) is 0 Å². The molecule has 0 radical (unpaired) electrons. The first-order valence-corrected chi connectivity index (χ1v) is 10.6. The van der Waals surface area contributed by atoms with E-state index in [1.54, 1.807) is 30.3 Å². The number of hydrogen-bond acceptors (Lipinski definition) is 3. The maximum Gasteiger partial charge on any atom is 0.241 e. The zero-order valence-electron chi connectivity index (χ0n) is 15.3. The Morgan fingerprint density at radius 1 is 0.962 bits per heavy atom. The van der Waals surface area contributed by atoms with Gasteiger partial charge in [-0.25, -0.2) is 13.1 Å². The van der Waals surface area contributed by atoms with Crippen LogP contribution in [0.2, 0.25) is 10.0 Å². The van der Waals surface area contributed by atoms with Crippen LogP contribution < -0.4 is 4.72 Å². The molecule has 2 rings (SSSR count).